The maximum atomic E-state index is 12.6. The Labute approximate surface area is 180 Å². The van der Waals surface area contributed by atoms with Crippen molar-refractivity contribution in [1.82, 2.24) is 0 Å². The molecule has 6 nitrogen and oxygen atoms in total. The Morgan fingerprint density at radius 1 is 0.871 bits per heavy atom. The molecule has 1 aliphatic rings. The lowest BCUT2D eigenvalue weighted by atomic mass is 10.00. The van der Waals surface area contributed by atoms with E-state index < -0.39 is 11.9 Å². The minimum absolute atomic E-state index is 0.382. The zero-order valence-electron chi connectivity index (χ0n) is 17.0. The van der Waals surface area contributed by atoms with Gasteiger partial charge in [0.05, 0.1) is 18.8 Å². The van der Waals surface area contributed by atoms with Crippen LogP contribution in [0.3, 0.4) is 0 Å². The summed E-state index contributed by atoms with van der Waals surface area (Å²) in [5.74, 6) is 0.280. The van der Waals surface area contributed by atoms with Crippen molar-refractivity contribution in [2.75, 3.05) is 25.1 Å². The molecule has 0 atom stereocenters. The van der Waals surface area contributed by atoms with E-state index in [2.05, 4.69) is 5.32 Å². The van der Waals surface area contributed by atoms with Gasteiger partial charge in [-0.15, -0.1) is 0 Å². The lowest BCUT2D eigenvalue weighted by Crippen LogP contribution is -2.21. The number of amides is 1. The van der Waals surface area contributed by atoms with Gasteiger partial charge in [-0.25, -0.2) is 4.79 Å². The molecule has 1 aliphatic heterocycles. The largest absolute Gasteiger partial charge is 0.490 e. The normalized spacial score (nSPS) is 12.5. The van der Waals surface area contributed by atoms with Gasteiger partial charge in [-0.3, -0.25) is 4.79 Å². The number of carbonyl (C=O) groups excluding carboxylic acids is 2. The highest BCUT2D eigenvalue weighted by Gasteiger charge is 2.16. The van der Waals surface area contributed by atoms with Crippen molar-refractivity contribution in [2.24, 2.45) is 0 Å². The highest BCUT2D eigenvalue weighted by Crippen LogP contribution is 2.32. The van der Waals surface area contributed by atoms with Crippen molar-refractivity contribution >= 4 is 17.6 Å². The van der Waals surface area contributed by atoms with Crippen LogP contribution in [0.4, 0.5) is 5.69 Å². The van der Waals surface area contributed by atoms with E-state index in [1.807, 2.05) is 42.5 Å². The first kappa shape index (κ1) is 20.5. The van der Waals surface area contributed by atoms with Gasteiger partial charge < -0.3 is 19.5 Å². The van der Waals surface area contributed by atoms with Crippen molar-refractivity contribution in [3.05, 3.63) is 89.5 Å². The summed E-state index contributed by atoms with van der Waals surface area (Å²) in [5, 5.41) is 2.72. The van der Waals surface area contributed by atoms with E-state index in [1.165, 1.54) is 0 Å². The van der Waals surface area contributed by atoms with Gasteiger partial charge in [0.2, 0.25) is 0 Å². The molecule has 31 heavy (non-hydrogen) atoms. The van der Waals surface area contributed by atoms with Crippen molar-refractivity contribution in [2.45, 2.75) is 12.8 Å². The summed E-state index contributed by atoms with van der Waals surface area (Å²) >= 11 is 0. The average molecular weight is 417 g/mol. The molecule has 1 N–H and O–H groups in total. The minimum Gasteiger partial charge on any atom is -0.490 e. The molecule has 0 radical (unpaired) electrons. The van der Waals surface area contributed by atoms with Gasteiger partial charge in [0, 0.05) is 18.2 Å². The molecule has 0 aromatic heterocycles. The van der Waals surface area contributed by atoms with Crippen molar-refractivity contribution < 1.29 is 23.8 Å². The number of anilines is 1. The molecular weight excluding hydrogens is 394 g/mol. The van der Waals surface area contributed by atoms with E-state index in [9.17, 15) is 9.59 Å². The molecule has 0 spiro atoms. The Kier molecular flexibility index (Phi) is 6.47. The summed E-state index contributed by atoms with van der Waals surface area (Å²) in [6.07, 6.45) is 1.41. The molecule has 0 fully saturated rings. The van der Waals surface area contributed by atoms with Crippen LogP contribution >= 0.6 is 0 Å². The van der Waals surface area contributed by atoms with Crippen LogP contribution in [0.2, 0.25) is 0 Å². The molecule has 6 heteroatoms. The smallest absolute Gasteiger partial charge is 0.338 e. The lowest BCUT2D eigenvalue weighted by molar-refractivity contribution is -0.119. The Morgan fingerprint density at radius 3 is 2.45 bits per heavy atom. The van der Waals surface area contributed by atoms with Gasteiger partial charge in [0.25, 0.3) is 5.91 Å². The molecule has 0 unspecified atom stereocenters. The Balaban J connectivity index is 1.36. The summed E-state index contributed by atoms with van der Waals surface area (Å²) in [4.78, 5) is 24.9. The van der Waals surface area contributed by atoms with Gasteiger partial charge in [0.15, 0.2) is 18.1 Å². The van der Waals surface area contributed by atoms with Gasteiger partial charge >= 0.3 is 5.97 Å². The average Bonchev–Trinajstić information content (AvgIpc) is 3.04. The zero-order chi connectivity index (χ0) is 21.5. The van der Waals surface area contributed by atoms with E-state index in [-0.39, 0.29) is 6.61 Å². The maximum absolute atomic E-state index is 12.6. The van der Waals surface area contributed by atoms with Gasteiger partial charge in [-0.1, -0.05) is 48.5 Å². The van der Waals surface area contributed by atoms with Gasteiger partial charge in [0.1, 0.15) is 0 Å². The molecule has 0 bridgehead atoms. The topological polar surface area (TPSA) is 73.9 Å². The SMILES string of the molecule is O=C(COC(=O)c1ccccc1Cc1ccccc1)Nc1ccc2c(c1)OCCCO2. The first-order valence-electron chi connectivity index (χ1n) is 10.2. The highest BCUT2D eigenvalue weighted by atomic mass is 16.5. The predicted octanol–water partition coefficient (Wildman–Crippen LogP) is 4.23. The third-order valence-corrected chi connectivity index (χ3v) is 4.84. The summed E-state index contributed by atoms with van der Waals surface area (Å²) in [6, 6.07) is 22.3. The van der Waals surface area contributed by atoms with E-state index in [0.717, 1.165) is 17.5 Å². The third kappa shape index (κ3) is 5.42. The molecule has 0 saturated carbocycles. The Bertz CT molecular complexity index is 1060. The fourth-order valence-electron chi connectivity index (χ4n) is 3.34. The van der Waals surface area contributed by atoms with Crippen molar-refractivity contribution in [1.29, 1.82) is 0 Å². The van der Waals surface area contributed by atoms with Crippen molar-refractivity contribution in [3.8, 4) is 11.5 Å². The number of ether oxygens (including phenoxy) is 3. The predicted molar refractivity (Wildman–Crippen MR) is 117 cm³/mol. The number of rotatable bonds is 6. The van der Waals surface area contributed by atoms with E-state index in [1.54, 1.807) is 30.3 Å². The number of fused-ring (bicyclic) bond motifs is 1. The molecule has 4 rings (SSSR count). The van der Waals surface area contributed by atoms with E-state index in [4.69, 9.17) is 14.2 Å². The Hall–Kier alpha value is -3.80. The van der Waals surface area contributed by atoms with Crippen LogP contribution in [-0.2, 0) is 16.0 Å². The molecule has 3 aromatic carbocycles. The minimum atomic E-state index is -0.527. The lowest BCUT2D eigenvalue weighted by Gasteiger charge is -2.12. The highest BCUT2D eigenvalue weighted by molar-refractivity contribution is 5.96. The molecule has 0 saturated heterocycles. The number of benzene rings is 3. The summed E-state index contributed by atoms with van der Waals surface area (Å²) in [5.41, 5.74) is 2.95. The van der Waals surface area contributed by atoms with E-state index >= 15 is 0 Å². The summed E-state index contributed by atoms with van der Waals surface area (Å²) < 4.78 is 16.5. The fraction of sp³-hybridized carbons (Fsp3) is 0.200. The van der Waals surface area contributed by atoms with E-state index in [0.29, 0.717) is 42.4 Å². The number of carbonyl (C=O) groups is 2. The Morgan fingerprint density at radius 2 is 1.61 bits per heavy atom. The summed E-state index contributed by atoms with van der Waals surface area (Å²) in [6.45, 7) is 0.776. The van der Waals surface area contributed by atoms with Crippen LogP contribution in [0.1, 0.15) is 27.9 Å². The molecule has 3 aromatic rings. The van der Waals surface area contributed by atoms with Crippen LogP contribution in [0.15, 0.2) is 72.8 Å². The van der Waals surface area contributed by atoms with Crippen molar-refractivity contribution in [3.63, 3.8) is 0 Å². The maximum Gasteiger partial charge on any atom is 0.338 e. The number of esters is 1. The number of hydrogen-bond acceptors (Lipinski definition) is 5. The molecule has 1 heterocycles. The third-order valence-electron chi connectivity index (χ3n) is 4.84. The second-order valence-electron chi connectivity index (χ2n) is 7.16. The zero-order valence-corrected chi connectivity index (χ0v) is 17.0. The number of hydrogen-bond donors (Lipinski definition) is 1. The van der Waals surface area contributed by atoms with Gasteiger partial charge in [-0.05, 0) is 35.7 Å². The van der Waals surface area contributed by atoms with Crippen LogP contribution in [0.25, 0.3) is 0 Å². The molecule has 1 amide bonds. The standard InChI is InChI=1S/C25H23NO5/c27-24(26-20-11-12-22-23(16-20)30-14-6-13-29-22)17-31-25(28)21-10-5-4-9-19(21)15-18-7-2-1-3-8-18/h1-5,7-12,16H,6,13-15,17H2,(H,26,27). The molecule has 158 valence electrons. The fourth-order valence-corrected chi connectivity index (χ4v) is 3.34. The second kappa shape index (κ2) is 9.80. The quantitative estimate of drug-likeness (QED) is 0.608. The van der Waals surface area contributed by atoms with Crippen LogP contribution < -0.4 is 14.8 Å². The first-order valence-corrected chi connectivity index (χ1v) is 10.2. The summed E-state index contributed by atoms with van der Waals surface area (Å²) in [7, 11) is 0. The second-order valence-corrected chi connectivity index (χ2v) is 7.16. The molecular formula is C25H23NO5. The van der Waals surface area contributed by atoms with Crippen LogP contribution in [0.5, 0.6) is 11.5 Å². The molecule has 0 aliphatic carbocycles. The first-order chi connectivity index (χ1) is 15.2. The van der Waals surface area contributed by atoms with Gasteiger partial charge in [-0.2, -0.15) is 0 Å². The monoisotopic (exact) mass is 417 g/mol. The van der Waals surface area contributed by atoms with Crippen LogP contribution in [0, 0.1) is 0 Å². The van der Waals surface area contributed by atoms with Crippen LogP contribution in [-0.4, -0.2) is 31.7 Å². The number of nitrogens with one attached hydrogen (secondary N) is 1.